The summed E-state index contributed by atoms with van der Waals surface area (Å²) >= 11 is 0. The first-order valence-electron chi connectivity index (χ1n) is 7.89. The van der Waals surface area contributed by atoms with Crippen molar-refractivity contribution in [2.45, 2.75) is 51.0 Å². The topological polar surface area (TPSA) is 40.5 Å². The third-order valence-corrected chi connectivity index (χ3v) is 5.31. The second-order valence-electron chi connectivity index (χ2n) is 6.41. The minimum Gasteiger partial charge on any atom is -0.396 e. The molecule has 3 heteroatoms. The Balaban J connectivity index is 1.75. The van der Waals surface area contributed by atoms with Crippen molar-refractivity contribution < 1.29 is 9.90 Å². The molecule has 19 heavy (non-hydrogen) atoms. The largest absolute Gasteiger partial charge is 0.396 e. The van der Waals surface area contributed by atoms with E-state index in [4.69, 9.17) is 0 Å². The molecule has 1 saturated carbocycles. The molecule has 3 nitrogen and oxygen atoms in total. The van der Waals surface area contributed by atoms with Crippen molar-refractivity contribution in [1.82, 2.24) is 4.90 Å². The fourth-order valence-electron chi connectivity index (χ4n) is 4.24. The van der Waals surface area contributed by atoms with Crippen LogP contribution in [0, 0.1) is 17.8 Å². The molecule has 0 radical (unpaired) electrons. The van der Waals surface area contributed by atoms with Crippen molar-refractivity contribution in [2.24, 2.45) is 17.8 Å². The summed E-state index contributed by atoms with van der Waals surface area (Å²) in [4.78, 5) is 15.0. The summed E-state index contributed by atoms with van der Waals surface area (Å²) in [6.45, 7) is 1.07. The summed E-state index contributed by atoms with van der Waals surface area (Å²) in [5.41, 5.74) is 0. The van der Waals surface area contributed by atoms with Gasteiger partial charge in [-0.25, -0.2) is 0 Å². The van der Waals surface area contributed by atoms with E-state index in [1.807, 2.05) is 0 Å². The summed E-state index contributed by atoms with van der Waals surface area (Å²) in [6.07, 6.45) is 12.6. The van der Waals surface area contributed by atoms with Crippen molar-refractivity contribution in [2.75, 3.05) is 13.2 Å². The summed E-state index contributed by atoms with van der Waals surface area (Å²) in [5.74, 6) is 0.893. The van der Waals surface area contributed by atoms with E-state index in [1.165, 1.54) is 32.1 Å². The molecule has 3 atom stereocenters. The number of piperidine rings is 1. The van der Waals surface area contributed by atoms with Crippen LogP contribution in [0.25, 0.3) is 0 Å². The molecule has 0 aromatic carbocycles. The molecule has 1 aliphatic heterocycles. The van der Waals surface area contributed by atoms with Crippen molar-refractivity contribution >= 4 is 5.91 Å². The zero-order chi connectivity index (χ0) is 13.2. The Labute approximate surface area is 115 Å². The molecule has 0 spiro atoms. The maximum Gasteiger partial charge on any atom is 0.226 e. The Morgan fingerprint density at radius 3 is 2.74 bits per heavy atom. The Kier molecular flexibility index (Phi) is 3.92. The fraction of sp³-hybridized carbons (Fsp3) is 0.812. The van der Waals surface area contributed by atoms with Crippen molar-refractivity contribution in [1.29, 1.82) is 0 Å². The number of likely N-dealkylation sites (tertiary alicyclic amines) is 1. The van der Waals surface area contributed by atoms with E-state index >= 15 is 0 Å². The normalized spacial score (nSPS) is 36.4. The molecular formula is C16H25NO2. The molecule has 2 aliphatic carbocycles. The molecule has 1 N–H and O–H groups in total. The monoisotopic (exact) mass is 263 g/mol. The van der Waals surface area contributed by atoms with Gasteiger partial charge in [0.25, 0.3) is 0 Å². The lowest BCUT2D eigenvalue weighted by molar-refractivity contribution is -0.147. The van der Waals surface area contributed by atoms with E-state index in [2.05, 4.69) is 17.1 Å². The molecule has 1 saturated heterocycles. The van der Waals surface area contributed by atoms with Gasteiger partial charge in [-0.1, -0.05) is 31.4 Å². The standard InChI is InChI=1S/C16H25NO2/c18-11-13-6-4-5-12-9-10-17(16(19)15(12)13)14-7-2-1-3-8-14/h4-5,12-15,18H,1-3,6-11H2. The average Bonchev–Trinajstić information content (AvgIpc) is 2.48. The second-order valence-corrected chi connectivity index (χ2v) is 6.41. The van der Waals surface area contributed by atoms with Crippen LogP contribution in [0.4, 0.5) is 0 Å². The van der Waals surface area contributed by atoms with Gasteiger partial charge >= 0.3 is 0 Å². The van der Waals surface area contributed by atoms with Gasteiger partial charge in [0, 0.05) is 25.1 Å². The highest BCUT2D eigenvalue weighted by atomic mass is 16.3. The number of allylic oxidation sites excluding steroid dienone is 2. The van der Waals surface area contributed by atoms with E-state index in [0.29, 0.717) is 17.9 Å². The van der Waals surface area contributed by atoms with Gasteiger partial charge in [-0.3, -0.25) is 4.79 Å². The van der Waals surface area contributed by atoms with Gasteiger partial charge in [-0.2, -0.15) is 0 Å². The molecule has 106 valence electrons. The Morgan fingerprint density at radius 2 is 2.00 bits per heavy atom. The van der Waals surface area contributed by atoms with Gasteiger partial charge < -0.3 is 10.0 Å². The van der Waals surface area contributed by atoms with Crippen LogP contribution in [0.1, 0.15) is 44.9 Å². The van der Waals surface area contributed by atoms with Gasteiger partial charge in [0.05, 0.1) is 0 Å². The first-order chi connectivity index (χ1) is 9.31. The van der Waals surface area contributed by atoms with Crippen LogP contribution in [-0.2, 0) is 4.79 Å². The number of aliphatic hydroxyl groups excluding tert-OH is 1. The number of amides is 1. The molecule has 0 aromatic heterocycles. The van der Waals surface area contributed by atoms with Gasteiger partial charge in [-0.15, -0.1) is 0 Å². The molecule has 1 amide bonds. The number of fused-ring (bicyclic) bond motifs is 1. The van der Waals surface area contributed by atoms with E-state index in [-0.39, 0.29) is 18.4 Å². The zero-order valence-electron chi connectivity index (χ0n) is 11.6. The first-order valence-corrected chi connectivity index (χ1v) is 7.89. The number of nitrogens with zero attached hydrogens (tertiary/aromatic N) is 1. The summed E-state index contributed by atoms with van der Waals surface area (Å²) in [5, 5.41) is 9.54. The van der Waals surface area contributed by atoms with Crippen LogP contribution in [0.15, 0.2) is 12.2 Å². The van der Waals surface area contributed by atoms with Gasteiger partial charge in [0.1, 0.15) is 0 Å². The summed E-state index contributed by atoms with van der Waals surface area (Å²) < 4.78 is 0. The number of aliphatic hydroxyl groups is 1. The maximum atomic E-state index is 12.8. The highest BCUT2D eigenvalue weighted by Crippen LogP contribution is 2.39. The predicted octanol–water partition coefficient (Wildman–Crippen LogP) is 2.35. The lowest BCUT2D eigenvalue weighted by atomic mass is 9.71. The Hall–Kier alpha value is -0.830. The fourth-order valence-corrected chi connectivity index (χ4v) is 4.24. The molecule has 0 bridgehead atoms. The van der Waals surface area contributed by atoms with Crippen LogP contribution in [0.3, 0.4) is 0 Å². The van der Waals surface area contributed by atoms with Gasteiger partial charge in [0.2, 0.25) is 5.91 Å². The number of hydrogen-bond acceptors (Lipinski definition) is 2. The molecule has 3 aliphatic rings. The molecular weight excluding hydrogens is 238 g/mol. The maximum absolute atomic E-state index is 12.8. The van der Waals surface area contributed by atoms with Crippen LogP contribution >= 0.6 is 0 Å². The predicted molar refractivity (Wildman–Crippen MR) is 74.5 cm³/mol. The summed E-state index contributed by atoms with van der Waals surface area (Å²) in [7, 11) is 0. The number of carbonyl (C=O) groups is 1. The molecule has 3 rings (SSSR count). The van der Waals surface area contributed by atoms with Crippen molar-refractivity contribution in [3.05, 3.63) is 12.2 Å². The molecule has 0 aromatic rings. The van der Waals surface area contributed by atoms with Crippen LogP contribution in [0.2, 0.25) is 0 Å². The van der Waals surface area contributed by atoms with Gasteiger partial charge in [-0.05, 0) is 37.5 Å². The van der Waals surface area contributed by atoms with Gasteiger partial charge in [0.15, 0.2) is 0 Å². The molecule has 1 heterocycles. The quantitative estimate of drug-likeness (QED) is 0.777. The minimum absolute atomic E-state index is 0.0469. The van der Waals surface area contributed by atoms with E-state index in [9.17, 15) is 9.90 Å². The number of carbonyl (C=O) groups excluding carboxylic acids is 1. The molecule has 3 unspecified atom stereocenters. The van der Waals surface area contributed by atoms with E-state index in [1.54, 1.807) is 0 Å². The van der Waals surface area contributed by atoms with Crippen LogP contribution in [0.5, 0.6) is 0 Å². The lowest BCUT2D eigenvalue weighted by Crippen LogP contribution is -2.53. The minimum atomic E-state index is 0.0469. The van der Waals surface area contributed by atoms with Crippen molar-refractivity contribution in [3.63, 3.8) is 0 Å². The Morgan fingerprint density at radius 1 is 1.21 bits per heavy atom. The Bertz CT molecular complexity index is 360. The second kappa shape index (κ2) is 5.66. The highest BCUT2D eigenvalue weighted by molar-refractivity contribution is 5.81. The number of rotatable bonds is 2. The average molecular weight is 263 g/mol. The SMILES string of the molecule is O=C1C2C(C=CCC2CO)CCN1C1CCCCC1. The first kappa shape index (κ1) is 13.2. The zero-order valence-corrected chi connectivity index (χ0v) is 11.6. The third kappa shape index (κ3) is 2.45. The van der Waals surface area contributed by atoms with Crippen LogP contribution < -0.4 is 0 Å². The van der Waals surface area contributed by atoms with E-state index < -0.39 is 0 Å². The molecule has 2 fully saturated rings. The van der Waals surface area contributed by atoms with E-state index in [0.717, 1.165) is 19.4 Å². The highest BCUT2D eigenvalue weighted by Gasteiger charge is 2.43. The lowest BCUT2D eigenvalue weighted by Gasteiger charge is -2.45. The number of hydrogen-bond donors (Lipinski definition) is 1. The smallest absolute Gasteiger partial charge is 0.226 e. The third-order valence-electron chi connectivity index (χ3n) is 5.31. The van der Waals surface area contributed by atoms with Crippen LogP contribution in [-0.4, -0.2) is 35.1 Å². The summed E-state index contributed by atoms with van der Waals surface area (Å²) in [6, 6.07) is 0.479. The van der Waals surface area contributed by atoms with Crippen molar-refractivity contribution in [3.8, 4) is 0 Å².